The summed E-state index contributed by atoms with van der Waals surface area (Å²) in [5, 5.41) is 3.96. The fourth-order valence-electron chi connectivity index (χ4n) is 2.63. The zero-order valence-corrected chi connectivity index (χ0v) is 13.7. The number of hydrogen-bond donors (Lipinski definition) is 2. The molecule has 1 aromatic heterocycles. The van der Waals surface area contributed by atoms with Crippen molar-refractivity contribution in [1.29, 1.82) is 0 Å². The molecule has 0 unspecified atom stereocenters. The minimum Gasteiger partial charge on any atom is -0.377 e. The summed E-state index contributed by atoms with van der Waals surface area (Å²) in [7, 11) is 4.07. The molecule has 0 fully saturated rings. The number of hydrogen-bond acceptors (Lipinski definition) is 5. The van der Waals surface area contributed by atoms with Crippen molar-refractivity contribution in [2.24, 2.45) is 0 Å². The van der Waals surface area contributed by atoms with E-state index in [1.807, 2.05) is 26.2 Å². The molecule has 2 heterocycles. The second kappa shape index (κ2) is 6.54. The van der Waals surface area contributed by atoms with Crippen LogP contribution in [0.25, 0.3) is 0 Å². The van der Waals surface area contributed by atoms with Crippen molar-refractivity contribution in [2.45, 2.75) is 23.9 Å². The lowest BCUT2D eigenvalue weighted by atomic mass is 10.1. The largest absolute Gasteiger partial charge is 0.377 e. The monoisotopic (exact) mass is 316 g/mol. The Hall–Kier alpha value is -1.79. The van der Waals surface area contributed by atoms with E-state index >= 15 is 0 Å². The minimum atomic E-state index is 0.00916. The topological polar surface area (TPSA) is 61.0 Å². The van der Waals surface area contributed by atoms with Crippen LogP contribution in [0.2, 0.25) is 0 Å². The van der Waals surface area contributed by atoms with Gasteiger partial charge >= 0.3 is 0 Å². The number of aromatic nitrogens is 2. The number of thioether (sulfide) groups is 1. The van der Waals surface area contributed by atoms with E-state index in [1.165, 1.54) is 11.3 Å². The van der Waals surface area contributed by atoms with Crippen molar-refractivity contribution in [1.82, 2.24) is 15.3 Å². The highest BCUT2D eigenvalue weighted by molar-refractivity contribution is 7.98. The Morgan fingerprint density at radius 2 is 2.14 bits per heavy atom. The molecule has 116 valence electrons. The molecule has 0 amide bonds. The van der Waals surface area contributed by atoms with Gasteiger partial charge in [-0.15, -0.1) is 0 Å². The van der Waals surface area contributed by atoms with Gasteiger partial charge in [-0.05, 0) is 24.6 Å². The Morgan fingerprint density at radius 1 is 1.32 bits per heavy atom. The summed E-state index contributed by atoms with van der Waals surface area (Å²) in [6.45, 7) is 1.53. The van der Waals surface area contributed by atoms with Crippen LogP contribution in [0.15, 0.2) is 34.2 Å². The maximum Gasteiger partial charge on any atom is 0.255 e. The summed E-state index contributed by atoms with van der Waals surface area (Å²) in [4.78, 5) is 21.7. The summed E-state index contributed by atoms with van der Waals surface area (Å²) in [5.74, 6) is 0.781. The van der Waals surface area contributed by atoms with Gasteiger partial charge in [-0.25, -0.2) is 4.98 Å². The molecule has 0 atom stereocenters. The van der Waals surface area contributed by atoms with E-state index < -0.39 is 0 Å². The van der Waals surface area contributed by atoms with E-state index in [2.05, 4.69) is 32.3 Å². The number of rotatable bonds is 4. The summed E-state index contributed by atoms with van der Waals surface area (Å²) in [6.07, 6.45) is 0.756. The molecule has 1 aliphatic heterocycles. The lowest BCUT2D eigenvalue weighted by Crippen LogP contribution is -2.31. The van der Waals surface area contributed by atoms with Crippen molar-refractivity contribution in [3.05, 3.63) is 51.4 Å². The number of nitrogens with zero attached hydrogens (tertiary/aromatic N) is 2. The summed E-state index contributed by atoms with van der Waals surface area (Å²) >= 11 is 1.57. The second-order valence-corrected chi connectivity index (χ2v) is 6.50. The van der Waals surface area contributed by atoms with Crippen LogP contribution >= 0.6 is 11.8 Å². The van der Waals surface area contributed by atoms with E-state index in [0.29, 0.717) is 11.7 Å². The Labute approximate surface area is 134 Å². The molecule has 1 aliphatic rings. The first kappa shape index (κ1) is 15.1. The van der Waals surface area contributed by atoms with Gasteiger partial charge in [-0.2, -0.15) is 0 Å². The van der Waals surface area contributed by atoms with Crippen LogP contribution in [0, 0.1) is 0 Å². The molecule has 0 aliphatic carbocycles. The van der Waals surface area contributed by atoms with Crippen LogP contribution in [0.5, 0.6) is 0 Å². The molecule has 22 heavy (non-hydrogen) atoms. The van der Waals surface area contributed by atoms with Gasteiger partial charge in [0.05, 0.1) is 5.69 Å². The van der Waals surface area contributed by atoms with Gasteiger partial charge in [-0.1, -0.05) is 30.0 Å². The smallest absolute Gasteiger partial charge is 0.255 e. The Kier molecular flexibility index (Phi) is 4.49. The van der Waals surface area contributed by atoms with Crippen LogP contribution in [0.4, 0.5) is 5.69 Å². The summed E-state index contributed by atoms with van der Waals surface area (Å²) in [5.41, 5.74) is 4.15. The predicted octanol–water partition coefficient (Wildman–Crippen LogP) is 1.77. The maximum atomic E-state index is 12.1. The van der Waals surface area contributed by atoms with Crippen LogP contribution < -0.4 is 15.8 Å². The van der Waals surface area contributed by atoms with Gasteiger partial charge < -0.3 is 15.2 Å². The van der Waals surface area contributed by atoms with Gasteiger partial charge in [0, 0.05) is 37.6 Å². The molecule has 1 aromatic carbocycles. The molecular weight excluding hydrogens is 296 g/mol. The quantitative estimate of drug-likeness (QED) is 0.665. The molecule has 0 spiro atoms. The molecule has 0 bridgehead atoms. The standard InChI is InChI=1S/C16H20N4OS/c1-20(2)14-6-4-3-5-11(14)10-22-16-18-13-9-17-8-7-12(13)15(21)19-16/h3-6,17H,7-10H2,1-2H3,(H,18,19,21). The lowest BCUT2D eigenvalue weighted by molar-refractivity contribution is 0.607. The third-order valence-electron chi connectivity index (χ3n) is 3.76. The highest BCUT2D eigenvalue weighted by Crippen LogP contribution is 2.26. The number of nitrogens with one attached hydrogen (secondary N) is 2. The van der Waals surface area contributed by atoms with Crippen molar-refractivity contribution in [3.8, 4) is 0 Å². The number of para-hydroxylation sites is 1. The number of aromatic amines is 1. The van der Waals surface area contributed by atoms with E-state index in [-0.39, 0.29) is 5.56 Å². The molecule has 2 N–H and O–H groups in total. The molecule has 6 heteroatoms. The molecule has 0 radical (unpaired) electrons. The minimum absolute atomic E-state index is 0.00916. The van der Waals surface area contributed by atoms with Crippen LogP contribution in [-0.2, 0) is 18.7 Å². The van der Waals surface area contributed by atoms with E-state index in [9.17, 15) is 4.79 Å². The average Bonchev–Trinajstić information content (AvgIpc) is 2.53. The molecule has 3 rings (SSSR count). The van der Waals surface area contributed by atoms with E-state index in [4.69, 9.17) is 0 Å². The third kappa shape index (κ3) is 3.18. The fraction of sp³-hybridized carbons (Fsp3) is 0.375. The molecule has 5 nitrogen and oxygen atoms in total. The van der Waals surface area contributed by atoms with Crippen molar-refractivity contribution < 1.29 is 0 Å². The molecule has 0 saturated heterocycles. The number of H-pyrrole nitrogens is 1. The van der Waals surface area contributed by atoms with Crippen molar-refractivity contribution >= 4 is 17.4 Å². The summed E-state index contributed by atoms with van der Waals surface area (Å²) in [6, 6.07) is 8.28. The first-order chi connectivity index (χ1) is 10.6. The second-order valence-electron chi connectivity index (χ2n) is 5.53. The number of benzene rings is 1. The normalized spacial score (nSPS) is 13.7. The predicted molar refractivity (Wildman–Crippen MR) is 90.6 cm³/mol. The Morgan fingerprint density at radius 3 is 2.95 bits per heavy atom. The van der Waals surface area contributed by atoms with Crippen LogP contribution in [0.3, 0.4) is 0 Å². The van der Waals surface area contributed by atoms with Crippen molar-refractivity contribution in [2.75, 3.05) is 25.5 Å². The Balaban J connectivity index is 1.80. The van der Waals surface area contributed by atoms with Gasteiger partial charge in [0.2, 0.25) is 0 Å². The highest BCUT2D eigenvalue weighted by Gasteiger charge is 2.15. The van der Waals surface area contributed by atoms with Gasteiger partial charge in [0.1, 0.15) is 0 Å². The molecule has 0 saturated carbocycles. The third-order valence-corrected chi connectivity index (χ3v) is 4.68. The van der Waals surface area contributed by atoms with Crippen LogP contribution in [-0.4, -0.2) is 30.6 Å². The number of fused-ring (bicyclic) bond motifs is 1. The average molecular weight is 316 g/mol. The number of anilines is 1. The van der Waals surface area contributed by atoms with E-state index in [0.717, 1.165) is 30.0 Å². The molecule has 2 aromatic rings. The maximum absolute atomic E-state index is 12.1. The van der Waals surface area contributed by atoms with Gasteiger partial charge in [0.25, 0.3) is 5.56 Å². The SMILES string of the molecule is CN(C)c1ccccc1CSc1nc2c(c(=O)[nH]1)CCNC2. The first-order valence-electron chi connectivity index (χ1n) is 7.36. The fourth-order valence-corrected chi connectivity index (χ4v) is 3.51. The van der Waals surface area contributed by atoms with Crippen LogP contribution in [0.1, 0.15) is 16.8 Å². The van der Waals surface area contributed by atoms with E-state index in [1.54, 1.807) is 11.8 Å². The molecular formula is C16H20N4OS. The first-order valence-corrected chi connectivity index (χ1v) is 8.34. The zero-order valence-electron chi connectivity index (χ0n) is 12.8. The van der Waals surface area contributed by atoms with Gasteiger partial charge in [0.15, 0.2) is 5.16 Å². The zero-order chi connectivity index (χ0) is 15.5. The summed E-state index contributed by atoms with van der Waals surface area (Å²) < 4.78 is 0. The highest BCUT2D eigenvalue weighted by atomic mass is 32.2. The van der Waals surface area contributed by atoms with Crippen molar-refractivity contribution in [3.63, 3.8) is 0 Å². The Bertz CT molecular complexity index is 726. The lowest BCUT2D eigenvalue weighted by Gasteiger charge is -2.18. The van der Waals surface area contributed by atoms with Gasteiger partial charge in [-0.3, -0.25) is 4.79 Å².